The lowest BCUT2D eigenvalue weighted by Crippen LogP contribution is -2.38. The van der Waals surface area contributed by atoms with Gasteiger partial charge in [-0.25, -0.2) is 0 Å². The summed E-state index contributed by atoms with van der Waals surface area (Å²) in [7, 11) is 0. The Hall–Kier alpha value is -3.41. The summed E-state index contributed by atoms with van der Waals surface area (Å²) in [5.41, 5.74) is 4.95. The summed E-state index contributed by atoms with van der Waals surface area (Å²) >= 11 is 0. The Balaban J connectivity index is 1.41. The van der Waals surface area contributed by atoms with Crippen molar-refractivity contribution < 1.29 is 19.1 Å². The number of ether oxygens (including phenoxy) is 1. The fourth-order valence-electron chi connectivity index (χ4n) is 3.23. The van der Waals surface area contributed by atoms with Gasteiger partial charge < -0.3 is 15.0 Å². The van der Waals surface area contributed by atoms with Crippen molar-refractivity contribution in [2.45, 2.75) is 20.3 Å². The lowest BCUT2D eigenvalue weighted by molar-refractivity contribution is -0.151. The van der Waals surface area contributed by atoms with E-state index >= 15 is 0 Å². The Morgan fingerprint density at radius 3 is 2.47 bits per heavy atom. The summed E-state index contributed by atoms with van der Waals surface area (Å²) in [5.74, 6) is -1.23. The summed E-state index contributed by atoms with van der Waals surface area (Å²) in [6, 6.07) is 15.4. The van der Waals surface area contributed by atoms with Crippen LogP contribution in [0.4, 0.5) is 0 Å². The van der Waals surface area contributed by atoms with Crippen molar-refractivity contribution in [3.8, 4) is 0 Å². The highest BCUT2D eigenvalue weighted by molar-refractivity contribution is 5.96. The molecule has 1 aliphatic heterocycles. The highest BCUT2D eigenvalue weighted by Crippen LogP contribution is 2.21. The Morgan fingerprint density at radius 1 is 1.03 bits per heavy atom. The number of rotatable bonds is 6. The average molecular weight is 406 g/mol. The van der Waals surface area contributed by atoms with Crippen LogP contribution < -0.4 is 5.32 Å². The number of esters is 1. The number of carbonyl (C=O) groups excluding carboxylic acids is 3. The lowest BCUT2D eigenvalue weighted by atomic mass is 10.00. The van der Waals surface area contributed by atoms with Crippen LogP contribution in [0.25, 0.3) is 5.57 Å². The average Bonchev–Trinajstić information content (AvgIpc) is 2.78. The molecular weight excluding hydrogens is 380 g/mol. The maximum absolute atomic E-state index is 12.3. The number of hydrogen-bond acceptors (Lipinski definition) is 4. The van der Waals surface area contributed by atoms with Crippen molar-refractivity contribution in [1.29, 1.82) is 0 Å². The molecular formula is C24H26N2O4. The third kappa shape index (κ3) is 5.56. The van der Waals surface area contributed by atoms with Gasteiger partial charge in [-0.3, -0.25) is 14.4 Å². The Bertz CT molecular complexity index is 966. The zero-order valence-electron chi connectivity index (χ0n) is 17.3. The Labute approximate surface area is 176 Å². The first-order valence-electron chi connectivity index (χ1n) is 9.97. The van der Waals surface area contributed by atoms with Gasteiger partial charge in [-0.2, -0.15) is 0 Å². The van der Waals surface area contributed by atoms with Gasteiger partial charge in [-0.05, 0) is 54.7 Å². The third-order valence-electron chi connectivity index (χ3n) is 5.23. The zero-order chi connectivity index (χ0) is 21.5. The van der Waals surface area contributed by atoms with Crippen LogP contribution in [-0.2, 0) is 14.3 Å². The standard InChI is InChI=1S/C24H26N2O4/c1-17-8-9-21(14-18(17)2)24(29)25-15-23(28)30-16-22(27)26-12-10-20(11-13-26)19-6-4-3-5-7-19/h3-10,14H,11-13,15-16H2,1-2H3,(H,25,29). The molecule has 0 fully saturated rings. The Kier molecular flexibility index (Phi) is 7.01. The molecule has 0 atom stereocenters. The van der Waals surface area contributed by atoms with Gasteiger partial charge in [0.2, 0.25) is 0 Å². The maximum atomic E-state index is 12.3. The molecule has 0 bridgehead atoms. The van der Waals surface area contributed by atoms with E-state index in [1.54, 1.807) is 17.0 Å². The van der Waals surface area contributed by atoms with E-state index in [-0.39, 0.29) is 25.0 Å². The topological polar surface area (TPSA) is 75.7 Å². The second kappa shape index (κ2) is 9.87. The highest BCUT2D eigenvalue weighted by Gasteiger charge is 2.19. The molecule has 0 saturated carbocycles. The molecule has 1 N–H and O–H groups in total. The van der Waals surface area contributed by atoms with Gasteiger partial charge in [-0.1, -0.05) is 42.5 Å². The van der Waals surface area contributed by atoms with Gasteiger partial charge in [-0.15, -0.1) is 0 Å². The predicted molar refractivity (Wildman–Crippen MR) is 115 cm³/mol. The van der Waals surface area contributed by atoms with Crippen LogP contribution >= 0.6 is 0 Å². The van der Waals surface area contributed by atoms with Crippen molar-refractivity contribution in [2.75, 3.05) is 26.2 Å². The zero-order valence-corrected chi connectivity index (χ0v) is 17.3. The fraction of sp³-hybridized carbons (Fsp3) is 0.292. The minimum Gasteiger partial charge on any atom is -0.454 e. The molecule has 2 amide bonds. The van der Waals surface area contributed by atoms with Crippen LogP contribution in [0.2, 0.25) is 0 Å². The van der Waals surface area contributed by atoms with E-state index in [4.69, 9.17) is 4.74 Å². The molecule has 0 saturated heterocycles. The molecule has 6 nitrogen and oxygen atoms in total. The van der Waals surface area contributed by atoms with Crippen LogP contribution in [0.15, 0.2) is 54.6 Å². The first kappa shape index (κ1) is 21.3. The first-order valence-corrected chi connectivity index (χ1v) is 9.97. The first-order chi connectivity index (χ1) is 14.4. The summed E-state index contributed by atoms with van der Waals surface area (Å²) in [6.45, 7) is 4.35. The van der Waals surface area contributed by atoms with E-state index in [2.05, 4.69) is 17.4 Å². The molecule has 0 spiro atoms. The molecule has 0 aliphatic carbocycles. The fourth-order valence-corrected chi connectivity index (χ4v) is 3.23. The number of nitrogens with one attached hydrogen (secondary N) is 1. The minimum atomic E-state index is -0.641. The molecule has 0 aromatic heterocycles. The molecule has 2 aromatic rings. The van der Waals surface area contributed by atoms with Crippen LogP contribution in [0.3, 0.4) is 0 Å². The Morgan fingerprint density at radius 2 is 1.80 bits per heavy atom. The van der Waals surface area contributed by atoms with Crippen molar-refractivity contribution in [3.05, 3.63) is 76.9 Å². The number of benzene rings is 2. The van der Waals surface area contributed by atoms with Crippen molar-refractivity contribution in [3.63, 3.8) is 0 Å². The van der Waals surface area contributed by atoms with Gasteiger partial charge in [0.25, 0.3) is 11.8 Å². The van der Waals surface area contributed by atoms with Crippen molar-refractivity contribution in [2.24, 2.45) is 0 Å². The lowest BCUT2D eigenvalue weighted by Gasteiger charge is -2.26. The third-order valence-corrected chi connectivity index (χ3v) is 5.23. The highest BCUT2D eigenvalue weighted by atomic mass is 16.5. The quantitative estimate of drug-likeness (QED) is 0.749. The van der Waals surface area contributed by atoms with E-state index in [1.807, 2.05) is 44.2 Å². The maximum Gasteiger partial charge on any atom is 0.325 e. The van der Waals surface area contributed by atoms with Gasteiger partial charge in [0.15, 0.2) is 6.61 Å². The van der Waals surface area contributed by atoms with Crippen molar-refractivity contribution >= 4 is 23.4 Å². The van der Waals surface area contributed by atoms with E-state index in [0.29, 0.717) is 18.7 Å². The molecule has 0 radical (unpaired) electrons. The number of amides is 2. The van der Waals surface area contributed by atoms with Crippen LogP contribution in [0.5, 0.6) is 0 Å². The van der Waals surface area contributed by atoms with E-state index in [0.717, 1.165) is 23.1 Å². The van der Waals surface area contributed by atoms with Crippen LogP contribution in [-0.4, -0.2) is 48.9 Å². The minimum absolute atomic E-state index is 0.243. The normalized spacial score (nSPS) is 13.4. The molecule has 2 aromatic carbocycles. The molecule has 3 rings (SSSR count). The van der Waals surface area contributed by atoms with Crippen molar-refractivity contribution in [1.82, 2.24) is 10.2 Å². The number of nitrogens with zero attached hydrogens (tertiary/aromatic N) is 1. The van der Waals surface area contributed by atoms with Gasteiger partial charge in [0, 0.05) is 18.7 Å². The number of aryl methyl sites for hydroxylation is 2. The van der Waals surface area contributed by atoms with Gasteiger partial charge in [0.1, 0.15) is 6.54 Å². The van der Waals surface area contributed by atoms with E-state index in [9.17, 15) is 14.4 Å². The second-order valence-corrected chi connectivity index (χ2v) is 7.33. The van der Waals surface area contributed by atoms with E-state index < -0.39 is 5.97 Å². The summed E-state index contributed by atoms with van der Waals surface area (Å²) < 4.78 is 5.03. The largest absolute Gasteiger partial charge is 0.454 e. The van der Waals surface area contributed by atoms with Gasteiger partial charge in [0.05, 0.1) is 0 Å². The molecule has 1 aliphatic rings. The second-order valence-electron chi connectivity index (χ2n) is 7.33. The molecule has 1 heterocycles. The monoisotopic (exact) mass is 406 g/mol. The molecule has 156 valence electrons. The summed E-state index contributed by atoms with van der Waals surface area (Å²) in [4.78, 5) is 38.0. The number of hydrogen-bond donors (Lipinski definition) is 1. The predicted octanol–water partition coefficient (Wildman–Crippen LogP) is 2.89. The summed E-state index contributed by atoms with van der Waals surface area (Å²) in [5, 5.41) is 2.52. The molecule has 6 heteroatoms. The van der Waals surface area contributed by atoms with Crippen LogP contribution in [0, 0.1) is 13.8 Å². The van der Waals surface area contributed by atoms with Gasteiger partial charge >= 0.3 is 5.97 Å². The SMILES string of the molecule is Cc1ccc(C(=O)NCC(=O)OCC(=O)N2CC=C(c3ccccc3)CC2)cc1C. The summed E-state index contributed by atoms with van der Waals surface area (Å²) in [6.07, 6.45) is 2.79. The number of carbonyl (C=O) groups is 3. The van der Waals surface area contributed by atoms with E-state index in [1.165, 1.54) is 5.57 Å². The molecule has 30 heavy (non-hydrogen) atoms. The molecule has 0 unspecified atom stereocenters. The smallest absolute Gasteiger partial charge is 0.325 e. The van der Waals surface area contributed by atoms with Crippen LogP contribution in [0.1, 0.15) is 33.5 Å².